The molecule has 0 aromatic heterocycles. The largest absolute Gasteiger partial charge is 0.394 e. The number of hydrogen-bond acceptors (Lipinski definition) is 5. The Hall–Kier alpha value is -0.200. The Bertz CT molecular complexity index is 225. The average Bonchev–Trinajstić information content (AvgIpc) is 2.53. The monoisotopic (exact) mass is 320 g/mol. The van der Waals surface area contributed by atoms with Gasteiger partial charge in [0.05, 0.1) is 25.9 Å². The Kier molecular flexibility index (Phi) is 15.5. The topological polar surface area (TPSA) is 79.2 Å². The van der Waals surface area contributed by atoms with Gasteiger partial charge in [-0.1, -0.05) is 51.9 Å². The number of aliphatic hydroxyl groups is 3. The third-order valence-corrected chi connectivity index (χ3v) is 3.73. The van der Waals surface area contributed by atoms with E-state index in [0.29, 0.717) is 6.61 Å². The second-order valence-corrected chi connectivity index (χ2v) is 5.99. The molecule has 5 heteroatoms. The SMILES string of the molecule is CCCCCCCCCCOCC(O)[C@H](C)OC[C@@H](O)CO. The first-order valence-corrected chi connectivity index (χ1v) is 8.78. The van der Waals surface area contributed by atoms with E-state index in [2.05, 4.69) is 6.92 Å². The molecule has 22 heavy (non-hydrogen) atoms. The second kappa shape index (κ2) is 15.7. The van der Waals surface area contributed by atoms with Crippen LogP contribution in [0.3, 0.4) is 0 Å². The molecule has 0 aliphatic rings. The molecule has 0 bridgehead atoms. The molecule has 0 aliphatic carbocycles. The predicted molar refractivity (Wildman–Crippen MR) is 87.9 cm³/mol. The Morgan fingerprint density at radius 3 is 2.05 bits per heavy atom. The smallest absolute Gasteiger partial charge is 0.103 e. The number of hydrogen-bond donors (Lipinski definition) is 3. The molecule has 0 rings (SSSR count). The minimum absolute atomic E-state index is 0.0206. The maximum Gasteiger partial charge on any atom is 0.103 e. The standard InChI is InChI=1S/C17H36O5/c1-3-4-5-6-7-8-9-10-11-21-14-17(20)15(2)22-13-16(19)12-18/h15-20H,3-14H2,1-2H3/t15-,16-,17?/m0/s1. The van der Waals surface area contributed by atoms with Crippen molar-refractivity contribution >= 4 is 0 Å². The molecule has 0 radical (unpaired) electrons. The molecule has 0 aromatic carbocycles. The van der Waals surface area contributed by atoms with Gasteiger partial charge in [0.2, 0.25) is 0 Å². The molecule has 0 fully saturated rings. The maximum atomic E-state index is 9.83. The molecular formula is C17H36O5. The molecular weight excluding hydrogens is 284 g/mol. The normalized spacial score (nSPS) is 15.7. The number of unbranched alkanes of at least 4 members (excludes halogenated alkanes) is 7. The van der Waals surface area contributed by atoms with Crippen molar-refractivity contribution in [3.63, 3.8) is 0 Å². The Balaban J connectivity index is 3.35. The molecule has 3 N–H and O–H groups in total. The van der Waals surface area contributed by atoms with Gasteiger partial charge in [0.25, 0.3) is 0 Å². The summed E-state index contributed by atoms with van der Waals surface area (Å²) in [6.07, 6.45) is 8.07. The first-order valence-electron chi connectivity index (χ1n) is 8.78. The van der Waals surface area contributed by atoms with Crippen LogP contribution in [0.25, 0.3) is 0 Å². The van der Waals surface area contributed by atoms with Crippen molar-refractivity contribution in [3.05, 3.63) is 0 Å². The summed E-state index contributed by atoms with van der Waals surface area (Å²) in [5.41, 5.74) is 0. The van der Waals surface area contributed by atoms with E-state index in [1.54, 1.807) is 6.92 Å². The van der Waals surface area contributed by atoms with Gasteiger partial charge in [-0.2, -0.15) is 0 Å². The van der Waals surface area contributed by atoms with Crippen LogP contribution >= 0.6 is 0 Å². The van der Waals surface area contributed by atoms with Gasteiger partial charge in [-0.05, 0) is 13.3 Å². The van der Waals surface area contributed by atoms with E-state index in [-0.39, 0.29) is 19.8 Å². The molecule has 3 atom stereocenters. The van der Waals surface area contributed by atoms with Gasteiger partial charge in [-0.3, -0.25) is 0 Å². The zero-order chi connectivity index (χ0) is 16.6. The van der Waals surface area contributed by atoms with Crippen LogP contribution in [0.2, 0.25) is 0 Å². The zero-order valence-corrected chi connectivity index (χ0v) is 14.4. The molecule has 134 valence electrons. The Morgan fingerprint density at radius 1 is 0.864 bits per heavy atom. The first kappa shape index (κ1) is 21.8. The van der Waals surface area contributed by atoms with E-state index in [9.17, 15) is 5.11 Å². The summed E-state index contributed by atoms with van der Waals surface area (Å²) in [7, 11) is 0. The average molecular weight is 320 g/mol. The van der Waals surface area contributed by atoms with Crippen molar-refractivity contribution < 1.29 is 24.8 Å². The second-order valence-electron chi connectivity index (χ2n) is 5.99. The van der Waals surface area contributed by atoms with E-state index < -0.39 is 18.3 Å². The summed E-state index contributed by atoms with van der Waals surface area (Å²) in [6, 6.07) is 0. The fourth-order valence-corrected chi connectivity index (χ4v) is 2.10. The van der Waals surface area contributed by atoms with E-state index in [1.807, 2.05) is 0 Å². The Morgan fingerprint density at radius 2 is 1.45 bits per heavy atom. The highest BCUT2D eigenvalue weighted by atomic mass is 16.5. The molecule has 0 amide bonds. The number of aliphatic hydroxyl groups excluding tert-OH is 3. The highest BCUT2D eigenvalue weighted by molar-refractivity contribution is 4.64. The summed E-state index contributed by atoms with van der Waals surface area (Å²) in [5, 5.41) is 27.7. The minimum atomic E-state index is -0.895. The lowest BCUT2D eigenvalue weighted by atomic mass is 10.1. The summed E-state index contributed by atoms with van der Waals surface area (Å²) >= 11 is 0. The van der Waals surface area contributed by atoms with Gasteiger partial charge in [0.15, 0.2) is 0 Å². The van der Waals surface area contributed by atoms with Gasteiger partial charge in [-0.25, -0.2) is 0 Å². The third-order valence-electron chi connectivity index (χ3n) is 3.73. The van der Waals surface area contributed by atoms with Crippen molar-refractivity contribution in [1.82, 2.24) is 0 Å². The van der Waals surface area contributed by atoms with Gasteiger partial charge in [0, 0.05) is 6.61 Å². The van der Waals surface area contributed by atoms with Gasteiger partial charge < -0.3 is 24.8 Å². The van der Waals surface area contributed by atoms with Crippen molar-refractivity contribution in [2.45, 2.75) is 83.5 Å². The van der Waals surface area contributed by atoms with Crippen molar-refractivity contribution in [1.29, 1.82) is 0 Å². The van der Waals surface area contributed by atoms with Crippen LogP contribution < -0.4 is 0 Å². The summed E-state index contributed by atoms with van der Waals surface area (Å²) in [6.45, 7) is 4.55. The minimum Gasteiger partial charge on any atom is -0.394 e. The van der Waals surface area contributed by atoms with Gasteiger partial charge >= 0.3 is 0 Å². The van der Waals surface area contributed by atoms with E-state index >= 15 is 0 Å². The lowest BCUT2D eigenvalue weighted by molar-refractivity contribution is -0.0887. The molecule has 0 aromatic rings. The highest BCUT2D eigenvalue weighted by Gasteiger charge is 2.16. The maximum absolute atomic E-state index is 9.83. The van der Waals surface area contributed by atoms with Crippen LogP contribution in [0, 0.1) is 0 Å². The van der Waals surface area contributed by atoms with Crippen molar-refractivity contribution in [2.24, 2.45) is 0 Å². The number of ether oxygens (including phenoxy) is 2. The van der Waals surface area contributed by atoms with Crippen LogP contribution in [-0.4, -0.2) is 60.1 Å². The highest BCUT2D eigenvalue weighted by Crippen LogP contribution is 2.08. The molecule has 0 spiro atoms. The van der Waals surface area contributed by atoms with Crippen LogP contribution in [0.1, 0.15) is 65.2 Å². The summed E-state index contributed by atoms with van der Waals surface area (Å²) in [5.74, 6) is 0. The fourth-order valence-electron chi connectivity index (χ4n) is 2.10. The van der Waals surface area contributed by atoms with Crippen LogP contribution in [0.4, 0.5) is 0 Å². The molecule has 5 nitrogen and oxygen atoms in total. The summed E-state index contributed by atoms with van der Waals surface area (Å²) < 4.78 is 10.7. The predicted octanol–water partition coefficient (Wildman–Crippen LogP) is 2.26. The van der Waals surface area contributed by atoms with E-state index in [1.165, 1.54) is 44.9 Å². The number of rotatable bonds is 16. The van der Waals surface area contributed by atoms with Crippen LogP contribution in [0.5, 0.6) is 0 Å². The molecule has 0 saturated heterocycles. The zero-order valence-electron chi connectivity index (χ0n) is 14.4. The van der Waals surface area contributed by atoms with Crippen molar-refractivity contribution in [3.8, 4) is 0 Å². The third kappa shape index (κ3) is 13.5. The fraction of sp³-hybridized carbons (Fsp3) is 1.00. The summed E-state index contributed by atoms with van der Waals surface area (Å²) in [4.78, 5) is 0. The lowest BCUT2D eigenvalue weighted by Crippen LogP contribution is -2.33. The van der Waals surface area contributed by atoms with E-state index in [4.69, 9.17) is 19.7 Å². The van der Waals surface area contributed by atoms with Crippen LogP contribution in [0.15, 0.2) is 0 Å². The van der Waals surface area contributed by atoms with Crippen molar-refractivity contribution in [2.75, 3.05) is 26.4 Å². The molecule has 0 saturated carbocycles. The quantitative estimate of drug-likeness (QED) is 0.380. The van der Waals surface area contributed by atoms with E-state index in [0.717, 1.165) is 6.42 Å². The molecule has 0 aliphatic heterocycles. The lowest BCUT2D eigenvalue weighted by Gasteiger charge is -2.20. The molecule has 1 unspecified atom stereocenters. The van der Waals surface area contributed by atoms with Crippen LogP contribution in [-0.2, 0) is 9.47 Å². The van der Waals surface area contributed by atoms with Gasteiger partial charge in [-0.15, -0.1) is 0 Å². The Labute approximate surface area is 135 Å². The molecule has 0 heterocycles. The van der Waals surface area contributed by atoms with Gasteiger partial charge in [0.1, 0.15) is 12.2 Å². The first-order chi connectivity index (χ1) is 10.6.